The molecule has 82 valence electrons. The Morgan fingerprint density at radius 2 is 2.14 bits per heavy atom. The highest BCUT2D eigenvalue weighted by atomic mass is 16.5. The Hall–Kier alpha value is -0.0800. The van der Waals surface area contributed by atoms with Gasteiger partial charge in [-0.25, -0.2) is 0 Å². The lowest BCUT2D eigenvalue weighted by molar-refractivity contribution is 0.0813. The molecule has 0 aromatic carbocycles. The van der Waals surface area contributed by atoms with Crippen molar-refractivity contribution < 1.29 is 4.74 Å². The average molecular weight is 197 g/mol. The molecule has 0 amide bonds. The van der Waals surface area contributed by atoms with E-state index in [0.29, 0.717) is 6.10 Å². The molecular formula is C12H23NO. The third-order valence-electron chi connectivity index (χ3n) is 3.43. The molecular weight excluding hydrogens is 174 g/mol. The summed E-state index contributed by atoms with van der Waals surface area (Å²) in [4.78, 5) is 0. The SMILES string of the molecule is CCCCC1OCCC1CNC1CC1. The van der Waals surface area contributed by atoms with Crippen molar-refractivity contribution in [1.29, 1.82) is 0 Å². The molecule has 1 saturated carbocycles. The van der Waals surface area contributed by atoms with Crippen LogP contribution in [0.2, 0.25) is 0 Å². The Kier molecular flexibility index (Phi) is 3.82. The van der Waals surface area contributed by atoms with Crippen molar-refractivity contribution in [2.75, 3.05) is 13.2 Å². The van der Waals surface area contributed by atoms with Crippen LogP contribution in [0, 0.1) is 5.92 Å². The Balaban J connectivity index is 1.66. The lowest BCUT2D eigenvalue weighted by Crippen LogP contribution is -2.29. The van der Waals surface area contributed by atoms with Crippen LogP contribution in [0.1, 0.15) is 45.4 Å². The van der Waals surface area contributed by atoms with Gasteiger partial charge in [0.2, 0.25) is 0 Å². The van der Waals surface area contributed by atoms with Crippen LogP contribution in [-0.2, 0) is 4.74 Å². The second kappa shape index (κ2) is 5.13. The Morgan fingerprint density at radius 1 is 1.29 bits per heavy atom. The van der Waals surface area contributed by atoms with Crippen molar-refractivity contribution in [1.82, 2.24) is 5.32 Å². The molecule has 0 radical (unpaired) electrons. The quantitative estimate of drug-likeness (QED) is 0.705. The summed E-state index contributed by atoms with van der Waals surface area (Å²) >= 11 is 0. The second-order valence-electron chi connectivity index (χ2n) is 4.78. The molecule has 0 aromatic heterocycles. The zero-order valence-electron chi connectivity index (χ0n) is 9.30. The van der Waals surface area contributed by atoms with E-state index >= 15 is 0 Å². The van der Waals surface area contributed by atoms with Gasteiger partial charge in [-0.15, -0.1) is 0 Å². The summed E-state index contributed by atoms with van der Waals surface area (Å²) in [6.45, 7) is 4.44. The highest BCUT2D eigenvalue weighted by Crippen LogP contribution is 2.26. The number of hydrogen-bond acceptors (Lipinski definition) is 2. The zero-order chi connectivity index (χ0) is 9.80. The monoisotopic (exact) mass is 197 g/mol. The number of unbranched alkanes of at least 4 members (excludes halogenated alkanes) is 1. The average Bonchev–Trinajstić information content (AvgIpc) is 2.92. The smallest absolute Gasteiger partial charge is 0.0616 e. The van der Waals surface area contributed by atoms with Gasteiger partial charge >= 0.3 is 0 Å². The molecule has 2 nitrogen and oxygen atoms in total. The molecule has 1 aliphatic heterocycles. The minimum absolute atomic E-state index is 0.557. The minimum Gasteiger partial charge on any atom is -0.378 e. The van der Waals surface area contributed by atoms with E-state index in [1.165, 1.54) is 45.1 Å². The van der Waals surface area contributed by atoms with Gasteiger partial charge in [0.05, 0.1) is 6.10 Å². The standard InChI is InChI=1S/C12H23NO/c1-2-3-4-12-10(7-8-14-12)9-13-11-5-6-11/h10-13H,2-9H2,1H3. The van der Waals surface area contributed by atoms with E-state index in [0.717, 1.165) is 18.6 Å². The van der Waals surface area contributed by atoms with Crippen LogP contribution in [0.15, 0.2) is 0 Å². The van der Waals surface area contributed by atoms with E-state index < -0.39 is 0 Å². The first kappa shape index (κ1) is 10.4. The molecule has 1 saturated heterocycles. The third kappa shape index (κ3) is 2.96. The van der Waals surface area contributed by atoms with Gasteiger partial charge < -0.3 is 10.1 Å². The molecule has 2 aliphatic rings. The largest absolute Gasteiger partial charge is 0.378 e. The molecule has 2 atom stereocenters. The molecule has 0 spiro atoms. The van der Waals surface area contributed by atoms with Gasteiger partial charge in [-0.05, 0) is 31.6 Å². The molecule has 2 fully saturated rings. The summed E-state index contributed by atoms with van der Waals surface area (Å²) in [7, 11) is 0. The molecule has 1 heterocycles. The first-order chi connectivity index (χ1) is 6.90. The highest BCUT2D eigenvalue weighted by molar-refractivity contribution is 4.85. The number of rotatable bonds is 6. The molecule has 0 aromatic rings. The van der Waals surface area contributed by atoms with Gasteiger partial charge in [-0.2, -0.15) is 0 Å². The topological polar surface area (TPSA) is 21.3 Å². The predicted molar refractivity (Wildman–Crippen MR) is 58.4 cm³/mol. The fourth-order valence-corrected chi connectivity index (χ4v) is 2.26. The molecule has 2 unspecified atom stereocenters. The van der Waals surface area contributed by atoms with Crippen LogP contribution in [0.25, 0.3) is 0 Å². The molecule has 2 rings (SSSR count). The first-order valence-corrected chi connectivity index (χ1v) is 6.25. The lowest BCUT2D eigenvalue weighted by atomic mass is 9.97. The maximum absolute atomic E-state index is 5.78. The summed E-state index contributed by atoms with van der Waals surface area (Å²) in [6, 6.07) is 0.849. The third-order valence-corrected chi connectivity index (χ3v) is 3.43. The van der Waals surface area contributed by atoms with E-state index in [9.17, 15) is 0 Å². The molecule has 1 N–H and O–H groups in total. The number of ether oxygens (including phenoxy) is 1. The minimum atomic E-state index is 0.557. The van der Waals surface area contributed by atoms with Gasteiger partial charge in [0, 0.05) is 19.2 Å². The van der Waals surface area contributed by atoms with Crippen LogP contribution in [0.5, 0.6) is 0 Å². The number of hydrogen-bond donors (Lipinski definition) is 1. The van der Waals surface area contributed by atoms with Crippen molar-refractivity contribution in [3.63, 3.8) is 0 Å². The van der Waals surface area contributed by atoms with Crippen LogP contribution in [0.4, 0.5) is 0 Å². The van der Waals surface area contributed by atoms with Crippen molar-refractivity contribution in [3.05, 3.63) is 0 Å². The van der Waals surface area contributed by atoms with Gasteiger partial charge in [-0.3, -0.25) is 0 Å². The highest BCUT2D eigenvalue weighted by Gasteiger charge is 2.29. The van der Waals surface area contributed by atoms with Gasteiger partial charge in [0.25, 0.3) is 0 Å². The van der Waals surface area contributed by atoms with Crippen molar-refractivity contribution in [2.24, 2.45) is 5.92 Å². The van der Waals surface area contributed by atoms with Crippen LogP contribution in [-0.4, -0.2) is 25.3 Å². The first-order valence-electron chi connectivity index (χ1n) is 6.25. The molecule has 2 heteroatoms. The Morgan fingerprint density at radius 3 is 2.86 bits per heavy atom. The van der Waals surface area contributed by atoms with Crippen molar-refractivity contribution in [2.45, 2.75) is 57.6 Å². The Labute approximate surface area is 87.4 Å². The normalized spacial score (nSPS) is 32.4. The summed E-state index contributed by atoms with van der Waals surface area (Å²) in [5.41, 5.74) is 0. The van der Waals surface area contributed by atoms with E-state index in [-0.39, 0.29) is 0 Å². The van der Waals surface area contributed by atoms with Gasteiger partial charge in [-0.1, -0.05) is 19.8 Å². The van der Waals surface area contributed by atoms with E-state index in [1.54, 1.807) is 0 Å². The van der Waals surface area contributed by atoms with Crippen LogP contribution in [0.3, 0.4) is 0 Å². The van der Waals surface area contributed by atoms with Crippen molar-refractivity contribution >= 4 is 0 Å². The fraction of sp³-hybridized carbons (Fsp3) is 1.00. The fourth-order valence-electron chi connectivity index (χ4n) is 2.26. The van der Waals surface area contributed by atoms with Gasteiger partial charge in [0.1, 0.15) is 0 Å². The van der Waals surface area contributed by atoms with E-state index in [2.05, 4.69) is 12.2 Å². The van der Waals surface area contributed by atoms with Gasteiger partial charge in [0.15, 0.2) is 0 Å². The summed E-state index contributed by atoms with van der Waals surface area (Å²) < 4.78 is 5.78. The molecule has 1 aliphatic carbocycles. The molecule has 0 bridgehead atoms. The second-order valence-corrected chi connectivity index (χ2v) is 4.78. The van der Waals surface area contributed by atoms with E-state index in [1.807, 2.05) is 0 Å². The zero-order valence-corrected chi connectivity index (χ0v) is 9.30. The van der Waals surface area contributed by atoms with Crippen LogP contribution >= 0.6 is 0 Å². The van der Waals surface area contributed by atoms with E-state index in [4.69, 9.17) is 4.74 Å². The lowest BCUT2D eigenvalue weighted by Gasteiger charge is -2.18. The summed E-state index contributed by atoms with van der Waals surface area (Å²) in [5, 5.41) is 3.62. The predicted octanol–water partition coefficient (Wildman–Crippen LogP) is 2.33. The number of nitrogens with one attached hydrogen (secondary N) is 1. The Bertz CT molecular complexity index is 168. The van der Waals surface area contributed by atoms with Crippen molar-refractivity contribution in [3.8, 4) is 0 Å². The summed E-state index contributed by atoms with van der Waals surface area (Å²) in [5.74, 6) is 0.794. The summed E-state index contributed by atoms with van der Waals surface area (Å²) in [6.07, 6.45) is 8.51. The maximum Gasteiger partial charge on any atom is 0.0616 e. The van der Waals surface area contributed by atoms with Crippen LogP contribution < -0.4 is 5.32 Å². The maximum atomic E-state index is 5.78. The molecule has 14 heavy (non-hydrogen) atoms.